The van der Waals surface area contributed by atoms with Gasteiger partial charge in [-0.3, -0.25) is 4.40 Å². The van der Waals surface area contributed by atoms with Crippen molar-refractivity contribution in [1.82, 2.24) is 19.5 Å². The Kier molecular flexibility index (Phi) is 4.59. The van der Waals surface area contributed by atoms with Crippen LogP contribution in [0.5, 0.6) is 0 Å². The van der Waals surface area contributed by atoms with Crippen LogP contribution in [0, 0.1) is 0 Å². The molecule has 1 N–H and O–H groups in total. The monoisotopic (exact) mass is 334 g/mol. The number of rotatable bonds is 3. The Labute approximate surface area is 147 Å². The summed E-state index contributed by atoms with van der Waals surface area (Å²) in [6, 6.07) is 16.1. The molecule has 0 spiro atoms. The van der Waals surface area contributed by atoms with Gasteiger partial charge in [0.1, 0.15) is 6.54 Å². The van der Waals surface area contributed by atoms with E-state index < -0.39 is 0 Å². The molecule has 1 saturated heterocycles. The van der Waals surface area contributed by atoms with Gasteiger partial charge in [0.2, 0.25) is 0 Å². The molecule has 0 bridgehead atoms. The number of pyridine rings is 1. The van der Waals surface area contributed by atoms with Crippen molar-refractivity contribution in [3.8, 4) is 0 Å². The van der Waals surface area contributed by atoms with Gasteiger partial charge in [0.05, 0.1) is 0 Å². The van der Waals surface area contributed by atoms with Crippen LogP contribution in [-0.2, 0) is 6.54 Å². The third-order valence-electron chi connectivity index (χ3n) is 4.44. The highest BCUT2D eigenvalue weighted by Gasteiger charge is 2.15. The van der Waals surface area contributed by atoms with E-state index >= 15 is 0 Å². The SMILES string of the molecule is c1ccc(NC(=NCc2nnc3ccccn23)N2CCCCC2)cc1. The van der Waals surface area contributed by atoms with E-state index in [1.165, 1.54) is 19.3 Å². The van der Waals surface area contributed by atoms with Crippen molar-refractivity contribution < 1.29 is 0 Å². The van der Waals surface area contributed by atoms with Gasteiger partial charge in [-0.05, 0) is 43.5 Å². The molecule has 0 atom stereocenters. The normalized spacial score (nSPS) is 15.5. The number of benzene rings is 1. The second-order valence-corrected chi connectivity index (χ2v) is 6.22. The first-order valence-corrected chi connectivity index (χ1v) is 8.80. The number of aromatic nitrogens is 3. The lowest BCUT2D eigenvalue weighted by atomic mass is 10.1. The number of likely N-dealkylation sites (tertiary alicyclic amines) is 1. The molecule has 1 aromatic carbocycles. The number of hydrogen-bond acceptors (Lipinski definition) is 3. The summed E-state index contributed by atoms with van der Waals surface area (Å²) in [6.45, 7) is 2.58. The number of para-hydroxylation sites is 1. The zero-order chi connectivity index (χ0) is 16.9. The van der Waals surface area contributed by atoms with Gasteiger partial charge < -0.3 is 10.2 Å². The zero-order valence-electron chi connectivity index (χ0n) is 14.2. The second-order valence-electron chi connectivity index (χ2n) is 6.22. The molecule has 6 heteroatoms. The average Bonchev–Trinajstić information content (AvgIpc) is 3.10. The largest absolute Gasteiger partial charge is 0.343 e. The van der Waals surface area contributed by atoms with Crippen molar-refractivity contribution >= 4 is 17.3 Å². The molecular formula is C19H22N6. The van der Waals surface area contributed by atoms with Crippen LogP contribution in [0.4, 0.5) is 5.69 Å². The van der Waals surface area contributed by atoms with Crippen molar-refractivity contribution in [3.05, 3.63) is 60.6 Å². The summed E-state index contributed by atoms with van der Waals surface area (Å²) in [6.07, 6.45) is 5.70. The van der Waals surface area contributed by atoms with Crippen molar-refractivity contribution in [1.29, 1.82) is 0 Å². The minimum Gasteiger partial charge on any atom is -0.343 e. The van der Waals surface area contributed by atoms with E-state index in [-0.39, 0.29) is 0 Å². The number of nitrogens with one attached hydrogen (secondary N) is 1. The van der Waals surface area contributed by atoms with E-state index in [1.807, 2.05) is 47.0 Å². The Morgan fingerprint density at radius 1 is 0.960 bits per heavy atom. The van der Waals surface area contributed by atoms with Crippen LogP contribution in [0.2, 0.25) is 0 Å². The topological polar surface area (TPSA) is 57.8 Å². The highest BCUT2D eigenvalue weighted by Crippen LogP contribution is 2.13. The molecular weight excluding hydrogens is 312 g/mol. The molecule has 0 amide bonds. The number of anilines is 1. The molecule has 4 rings (SSSR count). The summed E-state index contributed by atoms with van der Waals surface area (Å²) in [7, 11) is 0. The molecule has 2 aromatic heterocycles. The smallest absolute Gasteiger partial charge is 0.198 e. The van der Waals surface area contributed by atoms with E-state index in [9.17, 15) is 0 Å². The lowest BCUT2D eigenvalue weighted by molar-refractivity contribution is 0.340. The van der Waals surface area contributed by atoms with Gasteiger partial charge >= 0.3 is 0 Å². The molecule has 1 fully saturated rings. The van der Waals surface area contributed by atoms with Crippen molar-refractivity contribution in [3.63, 3.8) is 0 Å². The fourth-order valence-corrected chi connectivity index (χ4v) is 3.12. The first-order valence-electron chi connectivity index (χ1n) is 8.80. The van der Waals surface area contributed by atoms with E-state index in [0.717, 1.165) is 36.2 Å². The summed E-state index contributed by atoms with van der Waals surface area (Å²) in [5, 5.41) is 12.0. The van der Waals surface area contributed by atoms with Gasteiger partial charge in [0.15, 0.2) is 17.4 Å². The molecule has 0 saturated carbocycles. The Balaban J connectivity index is 1.58. The lowest BCUT2D eigenvalue weighted by Gasteiger charge is -2.30. The highest BCUT2D eigenvalue weighted by atomic mass is 15.3. The average molecular weight is 334 g/mol. The van der Waals surface area contributed by atoms with Gasteiger partial charge in [-0.2, -0.15) is 0 Å². The summed E-state index contributed by atoms with van der Waals surface area (Å²) >= 11 is 0. The number of hydrogen-bond donors (Lipinski definition) is 1. The summed E-state index contributed by atoms with van der Waals surface area (Å²) in [5.74, 6) is 1.76. The maximum atomic E-state index is 4.84. The summed E-state index contributed by atoms with van der Waals surface area (Å²) < 4.78 is 1.99. The van der Waals surface area contributed by atoms with Crippen molar-refractivity contribution in [2.45, 2.75) is 25.8 Å². The second kappa shape index (κ2) is 7.34. The van der Waals surface area contributed by atoms with Crippen LogP contribution >= 0.6 is 0 Å². The van der Waals surface area contributed by atoms with Crippen LogP contribution in [0.3, 0.4) is 0 Å². The number of aliphatic imine (C=N–C) groups is 1. The van der Waals surface area contributed by atoms with Crippen LogP contribution in [-0.4, -0.2) is 38.5 Å². The quantitative estimate of drug-likeness (QED) is 0.590. The maximum absolute atomic E-state index is 4.84. The number of fused-ring (bicyclic) bond motifs is 1. The van der Waals surface area contributed by atoms with E-state index in [0.29, 0.717) is 6.54 Å². The van der Waals surface area contributed by atoms with Crippen LogP contribution in [0.1, 0.15) is 25.1 Å². The van der Waals surface area contributed by atoms with E-state index in [1.54, 1.807) is 0 Å². The Hall–Kier alpha value is -2.89. The molecule has 1 aliphatic rings. The Morgan fingerprint density at radius 2 is 1.76 bits per heavy atom. The molecule has 0 radical (unpaired) electrons. The van der Waals surface area contributed by atoms with Gasteiger partial charge in [0.25, 0.3) is 0 Å². The molecule has 3 aromatic rings. The highest BCUT2D eigenvalue weighted by molar-refractivity contribution is 5.93. The van der Waals surface area contributed by atoms with Crippen LogP contribution in [0.25, 0.3) is 5.65 Å². The van der Waals surface area contributed by atoms with E-state index in [4.69, 9.17) is 4.99 Å². The molecule has 0 aliphatic carbocycles. The molecule has 1 aliphatic heterocycles. The minimum atomic E-state index is 0.497. The summed E-state index contributed by atoms with van der Waals surface area (Å²) in [5.41, 5.74) is 1.90. The third-order valence-corrected chi connectivity index (χ3v) is 4.44. The number of nitrogens with zero attached hydrogens (tertiary/aromatic N) is 5. The third kappa shape index (κ3) is 3.63. The Morgan fingerprint density at radius 3 is 2.60 bits per heavy atom. The molecule has 0 unspecified atom stereocenters. The first-order chi connectivity index (χ1) is 12.4. The molecule has 3 heterocycles. The van der Waals surface area contributed by atoms with Gasteiger partial charge in [-0.1, -0.05) is 24.3 Å². The predicted octanol–water partition coefficient (Wildman–Crippen LogP) is 3.18. The van der Waals surface area contributed by atoms with E-state index in [2.05, 4.69) is 32.5 Å². The molecule has 25 heavy (non-hydrogen) atoms. The zero-order valence-corrected chi connectivity index (χ0v) is 14.2. The fourth-order valence-electron chi connectivity index (χ4n) is 3.12. The minimum absolute atomic E-state index is 0.497. The number of guanidine groups is 1. The molecule has 6 nitrogen and oxygen atoms in total. The van der Waals surface area contributed by atoms with Gasteiger partial charge in [-0.25, -0.2) is 4.99 Å². The van der Waals surface area contributed by atoms with Crippen LogP contribution < -0.4 is 5.32 Å². The first kappa shape index (κ1) is 15.6. The van der Waals surface area contributed by atoms with Crippen LogP contribution in [0.15, 0.2) is 59.7 Å². The predicted molar refractivity (Wildman–Crippen MR) is 99.6 cm³/mol. The van der Waals surface area contributed by atoms with Crippen molar-refractivity contribution in [2.75, 3.05) is 18.4 Å². The summed E-state index contributed by atoms with van der Waals surface area (Å²) in [4.78, 5) is 7.18. The molecule has 128 valence electrons. The number of piperidine rings is 1. The maximum Gasteiger partial charge on any atom is 0.198 e. The van der Waals surface area contributed by atoms with Gasteiger partial charge in [0, 0.05) is 25.0 Å². The fraction of sp³-hybridized carbons (Fsp3) is 0.316. The lowest BCUT2D eigenvalue weighted by Crippen LogP contribution is -2.40. The standard InChI is InChI=1S/C19H22N6/c1-3-9-16(10-4-1)21-19(24-12-6-2-7-13-24)20-15-18-23-22-17-11-5-8-14-25(17)18/h1,3-5,8-11,14H,2,6-7,12-13,15H2,(H,20,21). The van der Waals surface area contributed by atoms with Crippen molar-refractivity contribution in [2.24, 2.45) is 4.99 Å². The Bertz CT molecular complexity index is 848. The van der Waals surface area contributed by atoms with Gasteiger partial charge in [-0.15, -0.1) is 10.2 Å².